The van der Waals surface area contributed by atoms with Crippen LogP contribution in [0.3, 0.4) is 0 Å². The quantitative estimate of drug-likeness (QED) is 0.560. The average molecular weight is 378 g/mol. The molecule has 0 radical (unpaired) electrons. The number of amides is 1. The average Bonchev–Trinajstić information content (AvgIpc) is 2.73. The molecular weight excluding hydrogens is 354 g/mol. The standard InChI is InChI=1S/C23H23NO2S/c1-17(20-15-9-10-16-21(20)26-2)24-23(25)22(18-11-5-3-6-12-18)27-19-13-7-4-8-14-19/h3-17,22H,1-2H3,(H,24,25)/t17-,22+/m1/s1. The number of para-hydroxylation sites is 1. The highest BCUT2D eigenvalue weighted by molar-refractivity contribution is 8.00. The van der Waals surface area contributed by atoms with E-state index >= 15 is 0 Å². The van der Waals surface area contributed by atoms with Crippen molar-refractivity contribution in [2.75, 3.05) is 7.11 Å². The Morgan fingerprint density at radius 1 is 0.889 bits per heavy atom. The van der Waals surface area contributed by atoms with Crippen molar-refractivity contribution in [3.8, 4) is 5.75 Å². The first-order valence-electron chi connectivity index (χ1n) is 8.89. The second-order valence-corrected chi connectivity index (χ2v) is 7.37. The molecule has 27 heavy (non-hydrogen) atoms. The van der Waals surface area contributed by atoms with Gasteiger partial charge >= 0.3 is 0 Å². The molecular formula is C23H23NO2S. The fraction of sp³-hybridized carbons (Fsp3) is 0.174. The molecule has 0 saturated heterocycles. The monoisotopic (exact) mass is 377 g/mol. The summed E-state index contributed by atoms with van der Waals surface area (Å²) in [6.07, 6.45) is 0. The summed E-state index contributed by atoms with van der Waals surface area (Å²) in [4.78, 5) is 14.2. The third-order valence-corrected chi connectivity index (χ3v) is 5.57. The van der Waals surface area contributed by atoms with Crippen LogP contribution < -0.4 is 10.1 Å². The van der Waals surface area contributed by atoms with Crippen LogP contribution in [-0.4, -0.2) is 13.0 Å². The van der Waals surface area contributed by atoms with Gasteiger partial charge in [-0.05, 0) is 30.7 Å². The maximum atomic E-state index is 13.2. The Morgan fingerprint density at radius 3 is 2.15 bits per heavy atom. The van der Waals surface area contributed by atoms with Gasteiger partial charge in [0.1, 0.15) is 11.0 Å². The molecule has 0 bridgehead atoms. The van der Waals surface area contributed by atoms with E-state index in [1.54, 1.807) is 18.9 Å². The van der Waals surface area contributed by atoms with E-state index in [2.05, 4.69) is 5.32 Å². The van der Waals surface area contributed by atoms with E-state index in [0.29, 0.717) is 0 Å². The summed E-state index contributed by atoms with van der Waals surface area (Å²) in [5, 5.41) is 2.82. The molecule has 3 aromatic rings. The Balaban J connectivity index is 1.82. The number of carbonyl (C=O) groups excluding carboxylic acids is 1. The van der Waals surface area contributed by atoms with Crippen LogP contribution in [0.15, 0.2) is 89.8 Å². The van der Waals surface area contributed by atoms with Crippen molar-refractivity contribution in [2.45, 2.75) is 23.1 Å². The summed E-state index contributed by atoms with van der Waals surface area (Å²) in [6, 6.07) is 27.5. The normalized spacial score (nSPS) is 12.8. The van der Waals surface area contributed by atoms with Crippen LogP contribution in [0.2, 0.25) is 0 Å². The van der Waals surface area contributed by atoms with Crippen LogP contribution >= 0.6 is 11.8 Å². The molecule has 0 unspecified atom stereocenters. The van der Waals surface area contributed by atoms with E-state index in [1.807, 2.05) is 91.9 Å². The Labute approximate surface area is 164 Å². The summed E-state index contributed by atoms with van der Waals surface area (Å²) in [6.45, 7) is 1.98. The van der Waals surface area contributed by atoms with Gasteiger partial charge in [-0.15, -0.1) is 11.8 Å². The van der Waals surface area contributed by atoms with Crippen molar-refractivity contribution in [3.05, 3.63) is 96.1 Å². The number of carbonyl (C=O) groups is 1. The van der Waals surface area contributed by atoms with Crippen molar-refractivity contribution in [1.82, 2.24) is 5.32 Å². The van der Waals surface area contributed by atoms with Gasteiger partial charge in [0.15, 0.2) is 0 Å². The van der Waals surface area contributed by atoms with E-state index in [9.17, 15) is 4.79 Å². The van der Waals surface area contributed by atoms with Gasteiger partial charge in [0, 0.05) is 10.5 Å². The van der Waals surface area contributed by atoms with Gasteiger partial charge in [-0.2, -0.15) is 0 Å². The van der Waals surface area contributed by atoms with Crippen LogP contribution in [0.5, 0.6) is 5.75 Å². The van der Waals surface area contributed by atoms with Gasteiger partial charge in [0.25, 0.3) is 0 Å². The molecule has 3 nitrogen and oxygen atoms in total. The maximum absolute atomic E-state index is 13.2. The predicted molar refractivity (Wildman–Crippen MR) is 111 cm³/mol. The molecule has 1 N–H and O–H groups in total. The molecule has 3 aromatic carbocycles. The van der Waals surface area contributed by atoms with Crippen LogP contribution in [0.1, 0.15) is 29.3 Å². The lowest BCUT2D eigenvalue weighted by atomic mass is 10.1. The van der Waals surface area contributed by atoms with Crippen molar-refractivity contribution in [3.63, 3.8) is 0 Å². The summed E-state index contributed by atoms with van der Waals surface area (Å²) in [5.41, 5.74) is 1.95. The summed E-state index contributed by atoms with van der Waals surface area (Å²) in [5.74, 6) is 0.755. The molecule has 0 aliphatic carbocycles. The fourth-order valence-electron chi connectivity index (χ4n) is 2.93. The molecule has 3 rings (SSSR count). The van der Waals surface area contributed by atoms with Crippen molar-refractivity contribution >= 4 is 17.7 Å². The lowest BCUT2D eigenvalue weighted by Crippen LogP contribution is -2.30. The highest BCUT2D eigenvalue weighted by Crippen LogP contribution is 2.36. The number of methoxy groups -OCH3 is 1. The van der Waals surface area contributed by atoms with E-state index in [4.69, 9.17) is 4.74 Å². The summed E-state index contributed by atoms with van der Waals surface area (Å²) >= 11 is 1.55. The van der Waals surface area contributed by atoms with Gasteiger partial charge in [0.2, 0.25) is 5.91 Å². The zero-order valence-corrected chi connectivity index (χ0v) is 16.3. The fourth-order valence-corrected chi connectivity index (χ4v) is 3.98. The van der Waals surface area contributed by atoms with Gasteiger partial charge in [0.05, 0.1) is 13.2 Å². The van der Waals surface area contributed by atoms with Gasteiger partial charge in [-0.1, -0.05) is 66.7 Å². The Bertz CT molecular complexity index is 868. The smallest absolute Gasteiger partial charge is 0.238 e. The first-order chi connectivity index (χ1) is 13.2. The number of hydrogen-bond donors (Lipinski definition) is 1. The topological polar surface area (TPSA) is 38.3 Å². The first kappa shape index (κ1) is 19.1. The molecule has 0 aliphatic heterocycles. The number of thioether (sulfide) groups is 1. The highest BCUT2D eigenvalue weighted by atomic mass is 32.2. The van der Waals surface area contributed by atoms with Crippen molar-refractivity contribution in [2.24, 2.45) is 0 Å². The second kappa shape index (κ2) is 9.28. The van der Waals surface area contributed by atoms with Crippen LogP contribution in [0, 0.1) is 0 Å². The lowest BCUT2D eigenvalue weighted by Gasteiger charge is -2.22. The lowest BCUT2D eigenvalue weighted by molar-refractivity contribution is -0.121. The zero-order chi connectivity index (χ0) is 19.1. The largest absolute Gasteiger partial charge is 0.496 e. The third-order valence-electron chi connectivity index (χ3n) is 4.30. The molecule has 4 heteroatoms. The minimum absolute atomic E-state index is 0.0199. The van der Waals surface area contributed by atoms with E-state index in [0.717, 1.165) is 21.8 Å². The Hall–Kier alpha value is -2.72. The van der Waals surface area contributed by atoms with Gasteiger partial charge in [-0.25, -0.2) is 0 Å². The van der Waals surface area contributed by atoms with E-state index < -0.39 is 0 Å². The van der Waals surface area contributed by atoms with E-state index in [-0.39, 0.29) is 17.2 Å². The SMILES string of the molecule is COc1ccccc1[C@@H](C)NC(=O)[C@@H](Sc1ccccc1)c1ccccc1. The van der Waals surface area contributed by atoms with Crippen molar-refractivity contribution in [1.29, 1.82) is 0 Å². The Morgan fingerprint density at radius 2 is 1.48 bits per heavy atom. The molecule has 0 spiro atoms. The van der Waals surface area contributed by atoms with Crippen LogP contribution in [0.25, 0.3) is 0 Å². The molecule has 1 amide bonds. The number of ether oxygens (including phenoxy) is 1. The minimum Gasteiger partial charge on any atom is -0.496 e. The Kier molecular flexibility index (Phi) is 6.55. The van der Waals surface area contributed by atoms with Gasteiger partial charge in [-0.3, -0.25) is 4.79 Å². The molecule has 2 atom stereocenters. The first-order valence-corrected chi connectivity index (χ1v) is 9.77. The number of nitrogens with one attached hydrogen (secondary N) is 1. The molecule has 0 saturated carbocycles. The minimum atomic E-state index is -0.328. The number of benzene rings is 3. The summed E-state index contributed by atoms with van der Waals surface area (Å²) < 4.78 is 5.43. The van der Waals surface area contributed by atoms with Crippen LogP contribution in [-0.2, 0) is 4.79 Å². The van der Waals surface area contributed by atoms with Crippen molar-refractivity contribution < 1.29 is 9.53 Å². The highest BCUT2D eigenvalue weighted by Gasteiger charge is 2.24. The third kappa shape index (κ3) is 4.92. The number of hydrogen-bond acceptors (Lipinski definition) is 3. The molecule has 0 heterocycles. The van der Waals surface area contributed by atoms with E-state index in [1.165, 1.54) is 0 Å². The molecule has 0 aromatic heterocycles. The van der Waals surface area contributed by atoms with Gasteiger partial charge < -0.3 is 10.1 Å². The molecule has 0 fully saturated rings. The summed E-state index contributed by atoms with van der Waals surface area (Å²) in [7, 11) is 1.64. The van der Waals surface area contributed by atoms with Crippen LogP contribution in [0.4, 0.5) is 0 Å². The maximum Gasteiger partial charge on any atom is 0.238 e. The molecule has 0 aliphatic rings. The second-order valence-electron chi connectivity index (χ2n) is 6.19. The number of rotatable bonds is 7. The predicted octanol–water partition coefficient (Wildman–Crippen LogP) is 5.41. The zero-order valence-electron chi connectivity index (χ0n) is 15.5. The molecule has 138 valence electrons.